The van der Waals surface area contributed by atoms with Crippen molar-refractivity contribution in [2.45, 2.75) is 0 Å². The SMILES string of the molecule is N#Cc1c(F)c(-c2ccc(F)cc2)c(F)c(C#N)c1-c1ccc(F)cc1. The van der Waals surface area contributed by atoms with Gasteiger partial charge in [-0.2, -0.15) is 10.5 Å². The fourth-order valence-corrected chi connectivity index (χ4v) is 2.68. The van der Waals surface area contributed by atoms with Crippen molar-refractivity contribution in [2.75, 3.05) is 0 Å². The van der Waals surface area contributed by atoms with Gasteiger partial charge in [0.2, 0.25) is 0 Å². The molecule has 0 saturated carbocycles. The standard InChI is InChI=1S/C20H8F4N2/c21-13-5-1-11(2-6-13)17-15(9-25)19(23)18(20(24)16(17)10-26)12-3-7-14(22)8-4-12/h1-8H. The van der Waals surface area contributed by atoms with E-state index in [1.54, 1.807) is 12.1 Å². The van der Waals surface area contributed by atoms with Crippen LogP contribution >= 0.6 is 0 Å². The van der Waals surface area contributed by atoms with Crippen LogP contribution in [-0.2, 0) is 0 Å². The molecule has 3 aromatic rings. The number of halogens is 4. The van der Waals surface area contributed by atoms with Gasteiger partial charge < -0.3 is 0 Å². The van der Waals surface area contributed by atoms with Gasteiger partial charge in [0.25, 0.3) is 0 Å². The Hall–Kier alpha value is -3.64. The Morgan fingerprint density at radius 2 is 0.885 bits per heavy atom. The van der Waals surface area contributed by atoms with E-state index in [1.807, 2.05) is 0 Å². The minimum Gasteiger partial charge on any atom is -0.207 e. The third-order valence-corrected chi connectivity index (χ3v) is 3.87. The zero-order valence-corrected chi connectivity index (χ0v) is 13.0. The highest BCUT2D eigenvalue weighted by Gasteiger charge is 2.26. The molecule has 0 aromatic heterocycles. The lowest BCUT2D eigenvalue weighted by Gasteiger charge is -2.14. The van der Waals surface area contributed by atoms with Crippen molar-refractivity contribution in [1.82, 2.24) is 0 Å². The summed E-state index contributed by atoms with van der Waals surface area (Å²) in [5.74, 6) is -3.52. The van der Waals surface area contributed by atoms with Crippen molar-refractivity contribution < 1.29 is 17.6 Å². The zero-order chi connectivity index (χ0) is 18.8. The van der Waals surface area contributed by atoms with E-state index in [0.717, 1.165) is 36.4 Å². The molecule has 0 atom stereocenters. The molecule has 0 fully saturated rings. The molecule has 26 heavy (non-hydrogen) atoms. The Kier molecular flexibility index (Phi) is 4.43. The normalized spacial score (nSPS) is 10.2. The molecule has 3 aromatic carbocycles. The Balaban J connectivity index is 2.39. The number of rotatable bonds is 2. The first-order chi connectivity index (χ1) is 12.5. The average molecular weight is 352 g/mol. The molecule has 0 saturated heterocycles. The van der Waals surface area contributed by atoms with Gasteiger partial charge in [0, 0.05) is 5.56 Å². The molecule has 0 spiro atoms. The number of benzene rings is 3. The molecule has 0 unspecified atom stereocenters. The van der Waals surface area contributed by atoms with Gasteiger partial charge in [-0.25, -0.2) is 17.6 Å². The molecule has 0 aliphatic heterocycles. The summed E-state index contributed by atoms with van der Waals surface area (Å²) >= 11 is 0. The smallest absolute Gasteiger partial charge is 0.152 e. The molecule has 0 bridgehead atoms. The van der Waals surface area contributed by atoms with Gasteiger partial charge in [0.1, 0.15) is 23.8 Å². The second-order valence-corrected chi connectivity index (χ2v) is 5.37. The van der Waals surface area contributed by atoms with Crippen LogP contribution in [0.15, 0.2) is 48.5 Å². The Bertz CT molecular complexity index is 1030. The zero-order valence-electron chi connectivity index (χ0n) is 13.0. The van der Waals surface area contributed by atoms with Crippen molar-refractivity contribution in [2.24, 2.45) is 0 Å². The molecule has 0 amide bonds. The minimum atomic E-state index is -1.17. The Labute approximate surface area is 146 Å². The van der Waals surface area contributed by atoms with E-state index in [2.05, 4.69) is 0 Å². The third kappa shape index (κ3) is 2.78. The van der Waals surface area contributed by atoms with E-state index >= 15 is 0 Å². The first kappa shape index (κ1) is 17.2. The Morgan fingerprint density at radius 1 is 0.538 bits per heavy atom. The third-order valence-electron chi connectivity index (χ3n) is 3.87. The van der Waals surface area contributed by atoms with E-state index in [-0.39, 0.29) is 16.7 Å². The van der Waals surface area contributed by atoms with Gasteiger partial charge in [-0.15, -0.1) is 0 Å². The van der Waals surface area contributed by atoms with Crippen molar-refractivity contribution in [3.05, 3.63) is 82.9 Å². The van der Waals surface area contributed by atoms with Crippen molar-refractivity contribution in [1.29, 1.82) is 10.5 Å². The summed E-state index contributed by atoms with van der Waals surface area (Å²) in [5.41, 5.74) is -1.83. The first-order valence-electron chi connectivity index (χ1n) is 7.35. The molecule has 0 aliphatic carbocycles. The highest BCUT2D eigenvalue weighted by molar-refractivity contribution is 5.82. The summed E-state index contributed by atoms with van der Waals surface area (Å²) in [6.45, 7) is 0. The maximum Gasteiger partial charge on any atom is 0.152 e. The lowest BCUT2D eigenvalue weighted by atomic mass is 9.89. The van der Waals surface area contributed by atoms with E-state index in [9.17, 15) is 28.1 Å². The molecular formula is C20H8F4N2. The molecule has 3 rings (SSSR count). The number of hydrogen-bond acceptors (Lipinski definition) is 2. The maximum absolute atomic E-state index is 14.9. The highest BCUT2D eigenvalue weighted by Crippen LogP contribution is 2.38. The second kappa shape index (κ2) is 6.70. The van der Waals surface area contributed by atoms with Crippen molar-refractivity contribution in [3.63, 3.8) is 0 Å². The highest BCUT2D eigenvalue weighted by atomic mass is 19.1. The van der Waals surface area contributed by atoms with Crippen LogP contribution in [0.4, 0.5) is 17.6 Å². The summed E-state index contributed by atoms with van der Waals surface area (Å²) in [6, 6.07) is 12.2. The van der Waals surface area contributed by atoms with Crippen LogP contribution in [0.1, 0.15) is 11.1 Å². The van der Waals surface area contributed by atoms with Gasteiger partial charge in [0.05, 0.1) is 16.7 Å². The van der Waals surface area contributed by atoms with Crippen LogP contribution in [-0.4, -0.2) is 0 Å². The molecule has 0 radical (unpaired) electrons. The number of nitriles is 2. The molecule has 126 valence electrons. The molecule has 0 N–H and O–H groups in total. The number of nitrogens with zero attached hydrogens (tertiary/aromatic N) is 2. The van der Waals surface area contributed by atoms with Crippen LogP contribution in [0.3, 0.4) is 0 Å². The second-order valence-electron chi connectivity index (χ2n) is 5.37. The van der Waals surface area contributed by atoms with Gasteiger partial charge >= 0.3 is 0 Å². The predicted molar refractivity (Wildman–Crippen MR) is 86.6 cm³/mol. The first-order valence-corrected chi connectivity index (χ1v) is 7.35. The molecular weight excluding hydrogens is 344 g/mol. The monoisotopic (exact) mass is 352 g/mol. The predicted octanol–water partition coefficient (Wildman–Crippen LogP) is 5.32. The van der Waals surface area contributed by atoms with Crippen molar-refractivity contribution >= 4 is 0 Å². The molecule has 0 aliphatic rings. The van der Waals surface area contributed by atoms with Crippen LogP contribution < -0.4 is 0 Å². The van der Waals surface area contributed by atoms with Crippen LogP contribution in [0.5, 0.6) is 0 Å². The summed E-state index contributed by atoms with van der Waals surface area (Å²) < 4.78 is 56.1. The summed E-state index contributed by atoms with van der Waals surface area (Å²) in [7, 11) is 0. The molecule has 6 heteroatoms. The molecule has 2 nitrogen and oxygen atoms in total. The summed E-state index contributed by atoms with van der Waals surface area (Å²) in [5, 5.41) is 18.8. The van der Waals surface area contributed by atoms with Crippen LogP contribution in [0, 0.1) is 45.9 Å². The Morgan fingerprint density at radius 3 is 1.23 bits per heavy atom. The maximum atomic E-state index is 14.9. The van der Waals surface area contributed by atoms with Gasteiger partial charge in [-0.05, 0) is 35.4 Å². The number of hydrogen-bond donors (Lipinski definition) is 0. The fourth-order valence-electron chi connectivity index (χ4n) is 2.68. The van der Waals surface area contributed by atoms with E-state index in [4.69, 9.17) is 0 Å². The van der Waals surface area contributed by atoms with E-state index < -0.39 is 40.0 Å². The minimum absolute atomic E-state index is 0.0138. The van der Waals surface area contributed by atoms with E-state index in [0.29, 0.717) is 0 Å². The van der Waals surface area contributed by atoms with Gasteiger partial charge in [-0.1, -0.05) is 24.3 Å². The average Bonchev–Trinajstić information content (AvgIpc) is 2.64. The van der Waals surface area contributed by atoms with Crippen LogP contribution in [0.25, 0.3) is 22.3 Å². The van der Waals surface area contributed by atoms with Crippen molar-refractivity contribution in [3.8, 4) is 34.4 Å². The molecule has 0 heterocycles. The van der Waals surface area contributed by atoms with Gasteiger partial charge in [0.15, 0.2) is 11.6 Å². The van der Waals surface area contributed by atoms with Crippen LogP contribution in [0.2, 0.25) is 0 Å². The lowest BCUT2D eigenvalue weighted by molar-refractivity contribution is 0.585. The fraction of sp³-hybridized carbons (Fsp3) is 0. The largest absolute Gasteiger partial charge is 0.207 e. The van der Waals surface area contributed by atoms with Gasteiger partial charge in [-0.3, -0.25) is 0 Å². The topological polar surface area (TPSA) is 47.6 Å². The quantitative estimate of drug-likeness (QED) is 0.586. The summed E-state index contributed by atoms with van der Waals surface area (Å²) in [6.07, 6.45) is 0. The summed E-state index contributed by atoms with van der Waals surface area (Å²) in [4.78, 5) is 0. The lowest BCUT2D eigenvalue weighted by Crippen LogP contribution is -2.03. The van der Waals surface area contributed by atoms with E-state index in [1.165, 1.54) is 12.1 Å².